The Balaban J connectivity index is 1.92. The molecule has 2 aromatic rings. The van der Waals surface area contributed by atoms with Gasteiger partial charge in [0.1, 0.15) is 4.90 Å². The maximum atomic E-state index is 12.0. The first-order valence-electron chi connectivity index (χ1n) is 5.93. The van der Waals surface area contributed by atoms with Gasteiger partial charge in [-0.25, -0.2) is 13.1 Å². The monoisotopic (exact) mass is 301 g/mol. The molecule has 0 spiro atoms. The molecule has 9 nitrogen and oxygen atoms in total. The molecule has 2 heterocycles. The van der Waals surface area contributed by atoms with Crippen molar-refractivity contribution in [3.63, 3.8) is 0 Å². The Kier molecular flexibility index (Phi) is 4.47. The number of aliphatic hydroxyl groups excluding tert-OH is 1. The van der Waals surface area contributed by atoms with Gasteiger partial charge in [0.05, 0.1) is 19.3 Å². The number of hydrogen-bond donors (Lipinski definition) is 2. The van der Waals surface area contributed by atoms with Crippen LogP contribution in [0.5, 0.6) is 0 Å². The van der Waals surface area contributed by atoms with Crippen LogP contribution >= 0.6 is 0 Å². The first-order valence-corrected chi connectivity index (χ1v) is 7.42. The Morgan fingerprint density at radius 2 is 2.30 bits per heavy atom. The first kappa shape index (κ1) is 14.6. The van der Waals surface area contributed by atoms with Crippen LogP contribution in [0.4, 0.5) is 0 Å². The van der Waals surface area contributed by atoms with Crippen molar-refractivity contribution in [2.75, 3.05) is 13.2 Å². The topological polar surface area (TPSA) is 123 Å². The van der Waals surface area contributed by atoms with Gasteiger partial charge in [-0.05, 0) is 6.92 Å². The molecule has 2 rings (SSSR count). The average molecular weight is 301 g/mol. The summed E-state index contributed by atoms with van der Waals surface area (Å²) in [7, 11) is -3.63. The van der Waals surface area contributed by atoms with Crippen LogP contribution in [0.25, 0.3) is 0 Å². The Morgan fingerprint density at radius 3 is 2.95 bits per heavy atom. The number of nitrogens with one attached hydrogen (secondary N) is 1. The Labute approximate surface area is 115 Å². The summed E-state index contributed by atoms with van der Waals surface area (Å²) in [4.78, 5) is 4.02. The highest BCUT2D eigenvalue weighted by molar-refractivity contribution is 7.89. The minimum Gasteiger partial charge on any atom is -0.394 e. The third-order valence-electron chi connectivity index (χ3n) is 2.45. The van der Waals surface area contributed by atoms with E-state index in [4.69, 9.17) is 9.63 Å². The Bertz CT molecular complexity index is 663. The zero-order valence-corrected chi connectivity index (χ0v) is 11.7. The summed E-state index contributed by atoms with van der Waals surface area (Å²) in [5.41, 5.74) is 0. The van der Waals surface area contributed by atoms with Crippen LogP contribution in [0.3, 0.4) is 0 Å². The number of aromatic nitrogens is 4. The molecule has 20 heavy (non-hydrogen) atoms. The number of nitrogens with zero attached hydrogens (tertiary/aromatic N) is 4. The molecule has 0 amide bonds. The molecule has 110 valence electrons. The Hall–Kier alpha value is -1.78. The second kappa shape index (κ2) is 6.11. The summed E-state index contributed by atoms with van der Waals surface area (Å²) in [6.07, 6.45) is 2.90. The zero-order valence-electron chi connectivity index (χ0n) is 10.9. The molecular weight excluding hydrogens is 286 g/mol. The van der Waals surface area contributed by atoms with Crippen molar-refractivity contribution in [3.05, 3.63) is 24.1 Å². The lowest BCUT2D eigenvalue weighted by molar-refractivity contribution is 0.269. The number of aliphatic hydroxyl groups is 1. The summed E-state index contributed by atoms with van der Waals surface area (Å²) in [5.74, 6) is 0.884. The summed E-state index contributed by atoms with van der Waals surface area (Å²) in [6, 6.07) is 0. The highest BCUT2D eigenvalue weighted by Gasteiger charge is 2.16. The lowest BCUT2D eigenvalue weighted by Gasteiger charge is -2.02. The average Bonchev–Trinajstić information content (AvgIpc) is 2.99. The molecular formula is C10H15N5O4S. The molecule has 0 unspecified atom stereocenters. The van der Waals surface area contributed by atoms with Gasteiger partial charge in [-0.1, -0.05) is 5.16 Å². The molecule has 2 aromatic heterocycles. The fraction of sp³-hybridized carbons (Fsp3) is 0.500. The van der Waals surface area contributed by atoms with Gasteiger partial charge in [-0.3, -0.25) is 4.68 Å². The molecule has 0 aliphatic carbocycles. The van der Waals surface area contributed by atoms with E-state index in [-0.39, 0.29) is 24.6 Å². The number of hydrogen-bond acceptors (Lipinski definition) is 7. The molecule has 0 atom stereocenters. The van der Waals surface area contributed by atoms with E-state index in [0.717, 1.165) is 0 Å². The van der Waals surface area contributed by atoms with Crippen molar-refractivity contribution in [1.82, 2.24) is 24.6 Å². The van der Waals surface area contributed by atoms with Crippen molar-refractivity contribution in [1.29, 1.82) is 0 Å². The van der Waals surface area contributed by atoms with Gasteiger partial charge in [0, 0.05) is 19.2 Å². The van der Waals surface area contributed by atoms with E-state index in [1.807, 2.05) is 0 Å². The Morgan fingerprint density at radius 1 is 1.50 bits per heavy atom. The van der Waals surface area contributed by atoms with Crippen molar-refractivity contribution in [2.45, 2.75) is 24.8 Å². The van der Waals surface area contributed by atoms with E-state index in [2.05, 4.69) is 20.0 Å². The standard InChI is InChI=1S/C10H15N5O4S/c1-8-13-10(19-14-8)2-3-12-20(17,18)9-6-11-15(7-9)4-5-16/h6-7,12,16H,2-5H2,1H3. The van der Waals surface area contributed by atoms with Gasteiger partial charge in [0.2, 0.25) is 15.9 Å². The van der Waals surface area contributed by atoms with Crippen LogP contribution < -0.4 is 4.72 Å². The van der Waals surface area contributed by atoms with E-state index >= 15 is 0 Å². The van der Waals surface area contributed by atoms with Gasteiger partial charge in [0.15, 0.2) is 5.82 Å². The van der Waals surface area contributed by atoms with Gasteiger partial charge in [-0.15, -0.1) is 0 Å². The van der Waals surface area contributed by atoms with Crippen LogP contribution in [-0.4, -0.2) is 46.6 Å². The predicted octanol–water partition coefficient (Wildman–Crippen LogP) is -0.912. The third kappa shape index (κ3) is 3.62. The summed E-state index contributed by atoms with van der Waals surface area (Å²) in [5, 5.41) is 16.2. The lowest BCUT2D eigenvalue weighted by atomic mass is 10.4. The van der Waals surface area contributed by atoms with E-state index in [1.165, 1.54) is 17.1 Å². The SMILES string of the molecule is Cc1noc(CCNS(=O)(=O)c2cnn(CCO)c2)n1. The van der Waals surface area contributed by atoms with Crippen molar-refractivity contribution in [3.8, 4) is 0 Å². The second-order valence-electron chi connectivity index (χ2n) is 4.05. The van der Waals surface area contributed by atoms with Gasteiger partial charge in [0.25, 0.3) is 0 Å². The fourth-order valence-corrected chi connectivity index (χ4v) is 2.51. The van der Waals surface area contributed by atoms with Gasteiger partial charge < -0.3 is 9.63 Å². The number of aryl methyl sites for hydroxylation is 1. The maximum Gasteiger partial charge on any atom is 0.243 e. The number of rotatable bonds is 7. The highest BCUT2D eigenvalue weighted by Crippen LogP contribution is 2.07. The minimum absolute atomic E-state index is 0.0488. The largest absolute Gasteiger partial charge is 0.394 e. The van der Waals surface area contributed by atoms with E-state index in [0.29, 0.717) is 18.1 Å². The van der Waals surface area contributed by atoms with Crippen LogP contribution in [0.15, 0.2) is 21.8 Å². The van der Waals surface area contributed by atoms with Crippen molar-refractivity contribution in [2.24, 2.45) is 0 Å². The van der Waals surface area contributed by atoms with E-state index in [9.17, 15) is 8.42 Å². The quantitative estimate of drug-likeness (QED) is 0.678. The van der Waals surface area contributed by atoms with E-state index in [1.54, 1.807) is 6.92 Å². The van der Waals surface area contributed by atoms with Crippen LogP contribution in [-0.2, 0) is 23.0 Å². The predicted molar refractivity (Wildman–Crippen MR) is 67.2 cm³/mol. The van der Waals surface area contributed by atoms with Gasteiger partial charge >= 0.3 is 0 Å². The van der Waals surface area contributed by atoms with Gasteiger partial charge in [-0.2, -0.15) is 10.1 Å². The van der Waals surface area contributed by atoms with Crippen molar-refractivity contribution >= 4 is 10.0 Å². The highest BCUT2D eigenvalue weighted by atomic mass is 32.2. The maximum absolute atomic E-state index is 12.0. The molecule has 0 aliphatic heterocycles. The zero-order chi connectivity index (χ0) is 14.6. The van der Waals surface area contributed by atoms with Crippen LogP contribution in [0.1, 0.15) is 11.7 Å². The van der Waals surface area contributed by atoms with Crippen LogP contribution in [0.2, 0.25) is 0 Å². The molecule has 0 bridgehead atoms. The normalized spacial score (nSPS) is 11.9. The molecule has 0 aromatic carbocycles. The summed E-state index contributed by atoms with van der Waals surface area (Å²) < 4.78 is 32.6. The summed E-state index contributed by atoms with van der Waals surface area (Å²) in [6.45, 7) is 1.98. The molecule has 0 radical (unpaired) electrons. The molecule has 0 saturated heterocycles. The van der Waals surface area contributed by atoms with Crippen LogP contribution in [0, 0.1) is 6.92 Å². The molecule has 10 heteroatoms. The fourth-order valence-electron chi connectivity index (χ4n) is 1.53. The molecule has 0 aliphatic rings. The van der Waals surface area contributed by atoms with E-state index < -0.39 is 10.0 Å². The third-order valence-corrected chi connectivity index (χ3v) is 3.87. The molecule has 0 saturated carbocycles. The van der Waals surface area contributed by atoms with Crippen molar-refractivity contribution < 1.29 is 18.0 Å². The first-order chi connectivity index (χ1) is 9.51. The second-order valence-corrected chi connectivity index (χ2v) is 5.81. The summed E-state index contributed by atoms with van der Waals surface area (Å²) >= 11 is 0. The minimum atomic E-state index is -3.63. The number of sulfonamides is 1. The lowest BCUT2D eigenvalue weighted by Crippen LogP contribution is -2.25. The smallest absolute Gasteiger partial charge is 0.243 e. The molecule has 0 fully saturated rings. The molecule has 2 N–H and O–H groups in total.